The van der Waals surface area contributed by atoms with E-state index < -0.39 is 5.66 Å². The van der Waals surface area contributed by atoms with Crippen LogP contribution in [0.2, 0.25) is 0 Å². The van der Waals surface area contributed by atoms with Crippen molar-refractivity contribution < 1.29 is 4.79 Å². The monoisotopic (exact) mass is 387 g/mol. The van der Waals surface area contributed by atoms with Gasteiger partial charge in [0, 0.05) is 48.8 Å². The van der Waals surface area contributed by atoms with Crippen LogP contribution in [0.4, 0.5) is 11.4 Å². The van der Waals surface area contributed by atoms with E-state index >= 15 is 0 Å². The second-order valence-electron chi connectivity index (χ2n) is 9.15. The highest BCUT2D eigenvalue weighted by atomic mass is 16.2. The molecule has 3 aliphatic heterocycles. The van der Waals surface area contributed by atoms with Crippen LogP contribution in [0.25, 0.3) is 0 Å². The molecule has 1 N–H and O–H groups in total. The van der Waals surface area contributed by atoms with Gasteiger partial charge in [-0.1, -0.05) is 56.3 Å². The topological polar surface area (TPSA) is 35.6 Å². The third-order valence-electron chi connectivity index (χ3n) is 7.49. The van der Waals surface area contributed by atoms with E-state index in [2.05, 4.69) is 104 Å². The lowest BCUT2D eigenvalue weighted by Crippen LogP contribution is -2.68. The molecule has 5 rings (SSSR count). The summed E-state index contributed by atoms with van der Waals surface area (Å²) in [4.78, 5) is 17.3. The lowest BCUT2D eigenvalue weighted by atomic mass is 9.74. The molecule has 4 heteroatoms. The molecular formula is C25H29N3O. The molecule has 0 radical (unpaired) electrons. The van der Waals surface area contributed by atoms with Crippen molar-refractivity contribution >= 4 is 17.3 Å². The van der Waals surface area contributed by atoms with Gasteiger partial charge in [0.2, 0.25) is 5.91 Å². The minimum atomic E-state index is -0.540. The Bertz CT molecular complexity index is 1010. The maximum atomic E-state index is 12.6. The Labute approximate surface area is 173 Å². The number of hydrogen-bond acceptors (Lipinski definition) is 3. The Kier molecular flexibility index (Phi) is 3.86. The molecule has 0 aromatic heterocycles. The van der Waals surface area contributed by atoms with Crippen molar-refractivity contribution in [3.05, 3.63) is 71.8 Å². The molecule has 2 aromatic carbocycles. The lowest BCUT2D eigenvalue weighted by Gasteiger charge is -2.49. The Hall–Kier alpha value is -2.75. The number of benzene rings is 2. The molecule has 0 spiro atoms. The van der Waals surface area contributed by atoms with Gasteiger partial charge in [-0.2, -0.15) is 0 Å². The van der Waals surface area contributed by atoms with Crippen LogP contribution in [0.5, 0.6) is 0 Å². The summed E-state index contributed by atoms with van der Waals surface area (Å²) in [6, 6.07) is 17.6. The Morgan fingerprint density at radius 1 is 1.07 bits per heavy atom. The van der Waals surface area contributed by atoms with Crippen molar-refractivity contribution in [3.8, 4) is 0 Å². The van der Waals surface area contributed by atoms with Crippen molar-refractivity contribution in [2.75, 3.05) is 23.4 Å². The Balaban J connectivity index is 1.61. The number of anilines is 2. The van der Waals surface area contributed by atoms with E-state index in [0.29, 0.717) is 18.4 Å². The van der Waals surface area contributed by atoms with Crippen LogP contribution >= 0.6 is 0 Å². The summed E-state index contributed by atoms with van der Waals surface area (Å²) < 4.78 is 0. The maximum absolute atomic E-state index is 12.6. The molecule has 0 saturated carbocycles. The van der Waals surface area contributed by atoms with E-state index in [4.69, 9.17) is 0 Å². The molecule has 0 unspecified atom stereocenters. The first-order valence-corrected chi connectivity index (χ1v) is 10.6. The van der Waals surface area contributed by atoms with Crippen molar-refractivity contribution in [1.29, 1.82) is 0 Å². The van der Waals surface area contributed by atoms with Crippen LogP contribution < -0.4 is 15.1 Å². The normalized spacial score (nSPS) is 29.6. The van der Waals surface area contributed by atoms with E-state index in [-0.39, 0.29) is 11.3 Å². The molecule has 29 heavy (non-hydrogen) atoms. The number of amides is 1. The number of likely N-dealkylation sites (N-methyl/N-ethyl adjacent to an activating group) is 1. The summed E-state index contributed by atoms with van der Waals surface area (Å²) in [6.07, 6.45) is 5.14. The van der Waals surface area contributed by atoms with Gasteiger partial charge in [0.05, 0.1) is 0 Å². The number of hydrogen-bond donors (Lipinski definition) is 1. The highest BCUT2D eigenvalue weighted by Crippen LogP contribution is 2.52. The number of para-hydroxylation sites is 2. The fourth-order valence-corrected chi connectivity index (χ4v) is 5.64. The largest absolute Gasteiger partial charge is 0.371 e. The molecular weight excluding hydrogens is 358 g/mol. The first kappa shape index (κ1) is 18.3. The Morgan fingerprint density at radius 2 is 1.76 bits per heavy atom. The van der Waals surface area contributed by atoms with E-state index in [9.17, 15) is 4.79 Å². The standard InChI is InChI=1S/C25H29N3O/c1-17-18(19-9-5-7-11-21(19)27(17)4)13-15-25-24(2,3)20-10-6-8-12-22(20)28(25)16-14-23(29)26-25/h5-13,15,17-18H,14,16H2,1-4H3,(H,26,29)/b15-13+/t17-,18-,25-/m1/s1. The average molecular weight is 388 g/mol. The van der Waals surface area contributed by atoms with Gasteiger partial charge in [0.1, 0.15) is 5.66 Å². The van der Waals surface area contributed by atoms with Crippen LogP contribution in [0, 0.1) is 0 Å². The first-order valence-electron chi connectivity index (χ1n) is 10.6. The summed E-state index contributed by atoms with van der Waals surface area (Å²) in [5.74, 6) is 0.425. The number of nitrogens with one attached hydrogen (secondary N) is 1. The summed E-state index contributed by atoms with van der Waals surface area (Å²) >= 11 is 0. The van der Waals surface area contributed by atoms with E-state index in [0.717, 1.165) is 6.54 Å². The predicted molar refractivity (Wildman–Crippen MR) is 118 cm³/mol. The van der Waals surface area contributed by atoms with E-state index in [1.807, 2.05) is 0 Å². The zero-order chi connectivity index (χ0) is 20.4. The van der Waals surface area contributed by atoms with Gasteiger partial charge in [0.15, 0.2) is 0 Å². The summed E-state index contributed by atoms with van der Waals surface area (Å²) in [6.45, 7) is 7.52. The number of carbonyl (C=O) groups is 1. The third-order valence-corrected chi connectivity index (χ3v) is 7.49. The van der Waals surface area contributed by atoms with Crippen LogP contribution in [0.1, 0.15) is 44.2 Å². The molecule has 1 saturated heterocycles. The highest BCUT2D eigenvalue weighted by Gasteiger charge is 2.57. The van der Waals surface area contributed by atoms with Crippen molar-refractivity contribution in [2.45, 2.75) is 50.2 Å². The van der Waals surface area contributed by atoms with Crippen LogP contribution in [-0.4, -0.2) is 31.2 Å². The fraction of sp³-hybridized carbons (Fsp3) is 0.400. The average Bonchev–Trinajstić information content (AvgIpc) is 3.07. The zero-order valence-corrected chi connectivity index (χ0v) is 17.6. The van der Waals surface area contributed by atoms with E-state index in [1.165, 1.54) is 22.5 Å². The quantitative estimate of drug-likeness (QED) is 0.786. The minimum Gasteiger partial charge on any atom is -0.371 e. The molecule has 3 atom stereocenters. The van der Waals surface area contributed by atoms with Gasteiger partial charge in [-0.15, -0.1) is 0 Å². The second kappa shape index (κ2) is 6.12. The van der Waals surface area contributed by atoms with Gasteiger partial charge in [0.25, 0.3) is 0 Å². The molecule has 150 valence electrons. The van der Waals surface area contributed by atoms with Crippen LogP contribution in [-0.2, 0) is 10.2 Å². The highest BCUT2D eigenvalue weighted by molar-refractivity contribution is 5.84. The molecule has 0 bridgehead atoms. The van der Waals surface area contributed by atoms with Gasteiger partial charge in [-0.25, -0.2) is 0 Å². The molecule has 0 aliphatic carbocycles. The zero-order valence-electron chi connectivity index (χ0n) is 17.6. The SMILES string of the molecule is C[C@@H]1[C@@H](/C=C/[C@@]23NC(=O)CCN2c2ccccc2C3(C)C)c2ccccc2N1C. The van der Waals surface area contributed by atoms with Crippen LogP contribution in [0.15, 0.2) is 60.7 Å². The predicted octanol–water partition coefficient (Wildman–Crippen LogP) is 4.18. The number of rotatable bonds is 2. The Morgan fingerprint density at radius 3 is 2.55 bits per heavy atom. The minimum absolute atomic E-state index is 0.128. The molecule has 2 aromatic rings. The number of carbonyl (C=O) groups excluding carboxylic acids is 1. The summed E-state index contributed by atoms with van der Waals surface area (Å²) in [5.41, 5.74) is 4.41. The smallest absolute Gasteiger partial charge is 0.223 e. The van der Waals surface area contributed by atoms with Crippen molar-refractivity contribution in [3.63, 3.8) is 0 Å². The van der Waals surface area contributed by atoms with Gasteiger partial charge < -0.3 is 15.1 Å². The van der Waals surface area contributed by atoms with Crippen molar-refractivity contribution in [1.82, 2.24) is 5.32 Å². The summed E-state index contributed by atoms with van der Waals surface area (Å²) in [7, 11) is 2.17. The van der Waals surface area contributed by atoms with Crippen LogP contribution in [0.3, 0.4) is 0 Å². The molecule has 3 aliphatic rings. The molecule has 4 nitrogen and oxygen atoms in total. The van der Waals surface area contributed by atoms with Gasteiger partial charge in [-0.05, 0) is 36.3 Å². The fourth-order valence-electron chi connectivity index (χ4n) is 5.64. The maximum Gasteiger partial charge on any atom is 0.223 e. The molecule has 1 fully saturated rings. The molecule has 1 amide bonds. The molecule has 3 heterocycles. The van der Waals surface area contributed by atoms with Gasteiger partial charge >= 0.3 is 0 Å². The van der Waals surface area contributed by atoms with Crippen molar-refractivity contribution in [2.24, 2.45) is 0 Å². The third kappa shape index (κ3) is 2.35. The number of fused-ring (bicyclic) bond motifs is 4. The first-order chi connectivity index (χ1) is 13.9. The van der Waals surface area contributed by atoms with Gasteiger partial charge in [-0.3, -0.25) is 4.79 Å². The lowest BCUT2D eigenvalue weighted by molar-refractivity contribution is -0.124. The number of nitrogens with zero attached hydrogens (tertiary/aromatic N) is 2. The summed E-state index contributed by atoms with van der Waals surface area (Å²) in [5, 5.41) is 3.39. The van der Waals surface area contributed by atoms with E-state index in [1.54, 1.807) is 0 Å². The second-order valence-corrected chi connectivity index (χ2v) is 9.15.